The van der Waals surface area contributed by atoms with E-state index in [4.69, 9.17) is 4.74 Å². The topological polar surface area (TPSA) is 49.9 Å². The summed E-state index contributed by atoms with van der Waals surface area (Å²) in [5.41, 5.74) is 2.08. The second-order valence-electron chi connectivity index (χ2n) is 6.97. The predicted octanol–water partition coefficient (Wildman–Crippen LogP) is 2.94. The van der Waals surface area contributed by atoms with Crippen molar-refractivity contribution in [3.63, 3.8) is 0 Å². The molecule has 6 heteroatoms. The van der Waals surface area contributed by atoms with Gasteiger partial charge in [0.25, 0.3) is 0 Å². The van der Waals surface area contributed by atoms with E-state index in [2.05, 4.69) is 17.0 Å². The molecule has 0 spiro atoms. The Morgan fingerprint density at radius 2 is 1.74 bits per heavy atom. The molecule has 0 bridgehead atoms. The Bertz CT molecular complexity index is 859. The molecular weight excluding hydrogens is 360 g/mol. The first-order valence-electron chi connectivity index (χ1n) is 9.42. The minimum absolute atomic E-state index is 0.427. The lowest BCUT2D eigenvalue weighted by Gasteiger charge is -2.34. The lowest BCUT2D eigenvalue weighted by atomic mass is 10.1. The zero-order chi connectivity index (χ0) is 19.3. The Morgan fingerprint density at radius 1 is 1.00 bits per heavy atom. The monoisotopic (exact) mass is 388 g/mol. The van der Waals surface area contributed by atoms with Crippen molar-refractivity contribution in [3.05, 3.63) is 59.7 Å². The van der Waals surface area contributed by atoms with Gasteiger partial charge in [-0.2, -0.15) is 4.31 Å². The lowest BCUT2D eigenvalue weighted by molar-refractivity contribution is 0.187. The summed E-state index contributed by atoms with van der Waals surface area (Å²) in [4.78, 5) is 2.78. The summed E-state index contributed by atoms with van der Waals surface area (Å²) in [7, 11) is -1.71. The van der Waals surface area contributed by atoms with Gasteiger partial charge in [0.1, 0.15) is 5.75 Å². The normalized spacial score (nSPS) is 16.4. The third-order valence-corrected chi connectivity index (χ3v) is 7.18. The first-order valence-corrected chi connectivity index (χ1v) is 10.9. The molecule has 0 aromatic heterocycles. The Kier molecular flexibility index (Phi) is 6.52. The fraction of sp³-hybridized carbons (Fsp3) is 0.429. The molecule has 3 rings (SSSR count). The average molecular weight is 389 g/mol. The van der Waals surface area contributed by atoms with Crippen LogP contribution in [-0.2, 0) is 16.4 Å². The number of hydrogen-bond donors (Lipinski definition) is 0. The molecule has 0 aliphatic carbocycles. The van der Waals surface area contributed by atoms with Gasteiger partial charge >= 0.3 is 0 Å². The molecule has 0 saturated carbocycles. The van der Waals surface area contributed by atoms with Crippen LogP contribution in [0.25, 0.3) is 0 Å². The molecular formula is C21H28N2O3S. The summed E-state index contributed by atoms with van der Waals surface area (Å²) >= 11 is 0. The van der Waals surface area contributed by atoms with Crippen LogP contribution in [0.3, 0.4) is 0 Å². The zero-order valence-corrected chi connectivity index (χ0v) is 16.9. The third-order valence-electron chi connectivity index (χ3n) is 5.12. The van der Waals surface area contributed by atoms with Gasteiger partial charge < -0.3 is 9.64 Å². The average Bonchev–Trinajstić information content (AvgIpc) is 2.69. The van der Waals surface area contributed by atoms with E-state index in [1.165, 1.54) is 5.56 Å². The van der Waals surface area contributed by atoms with E-state index in [1.54, 1.807) is 23.5 Å². The van der Waals surface area contributed by atoms with Crippen LogP contribution < -0.4 is 4.74 Å². The van der Waals surface area contributed by atoms with Crippen LogP contribution in [0.2, 0.25) is 0 Å². The van der Waals surface area contributed by atoms with Crippen LogP contribution in [0.5, 0.6) is 5.75 Å². The Morgan fingerprint density at radius 3 is 2.44 bits per heavy atom. The van der Waals surface area contributed by atoms with E-state index in [1.807, 2.05) is 31.2 Å². The highest BCUT2D eigenvalue weighted by Crippen LogP contribution is 2.21. The first kappa shape index (κ1) is 19.9. The molecule has 27 heavy (non-hydrogen) atoms. The second-order valence-corrected chi connectivity index (χ2v) is 8.87. The van der Waals surface area contributed by atoms with Crippen molar-refractivity contribution in [3.8, 4) is 5.75 Å². The highest BCUT2D eigenvalue weighted by atomic mass is 32.2. The van der Waals surface area contributed by atoms with Gasteiger partial charge in [0.15, 0.2) is 0 Å². The molecule has 1 aliphatic rings. The fourth-order valence-corrected chi connectivity index (χ4v) is 5.16. The number of hydrogen-bond acceptors (Lipinski definition) is 4. The molecule has 5 nitrogen and oxygen atoms in total. The quantitative estimate of drug-likeness (QED) is 0.732. The largest absolute Gasteiger partial charge is 0.497 e. The second kappa shape index (κ2) is 8.87. The van der Waals surface area contributed by atoms with Gasteiger partial charge in [0, 0.05) is 26.2 Å². The Balaban J connectivity index is 1.49. The fourth-order valence-electron chi connectivity index (χ4n) is 3.51. The highest BCUT2D eigenvalue weighted by Gasteiger charge is 2.29. The minimum atomic E-state index is -3.39. The van der Waals surface area contributed by atoms with E-state index in [0.717, 1.165) is 43.8 Å². The number of rotatable bonds is 7. The molecule has 0 amide bonds. The minimum Gasteiger partial charge on any atom is -0.497 e. The smallest absolute Gasteiger partial charge is 0.243 e. The number of sulfonamides is 1. The van der Waals surface area contributed by atoms with Crippen molar-refractivity contribution in [1.29, 1.82) is 0 Å². The summed E-state index contributed by atoms with van der Waals surface area (Å²) in [5.74, 6) is 0.891. The highest BCUT2D eigenvalue weighted by molar-refractivity contribution is 7.89. The molecule has 1 aliphatic heterocycles. The van der Waals surface area contributed by atoms with Crippen LogP contribution >= 0.6 is 0 Å². The van der Waals surface area contributed by atoms with Crippen LogP contribution in [-0.4, -0.2) is 57.5 Å². The number of ether oxygens (including phenoxy) is 1. The summed E-state index contributed by atoms with van der Waals surface area (Å²) in [6, 6.07) is 15.4. The maximum Gasteiger partial charge on any atom is 0.243 e. The third kappa shape index (κ3) is 4.89. The number of aryl methyl sites for hydroxylation is 2. The molecule has 1 fully saturated rings. The van der Waals surface area contributed by atoms with Crippen LogP contribution in [0.4, 0.5) is 0 Å². The van der Waals surface area contributed by atoms with Gasteiger partial charge in [0.05, 0.1) is 12.0 Å². The van der Waals surface area contributed by atoms with E-state index in [-0.39, 0.29) is 0 Å². The zero-order valence-electron chi connectivity index (χ0n) is 16.1. The molecule has 2 aromatic rings. The summed E-state index contributed by atoms with van der Waals surface area (Å²) < 4.78 is 32.6. The molecule has 0 N–H and O–H groups in total. The van der Waals surface area contributed by atoms with Crippen molar-refractivity contribution < 1.29 is 13.2 Å². The number of piperazine rings is 1. The number of benzene rings is 2. The van der Waals surface area contributed by atoms with Crippen molar-refractivity contribution >= 4 is 10.0 Å². The number of methoxy groups -OCH3 is 1. The van der Waals surface area contributed by atoms with Crippen molar-refractivity contribution in [2.45, 2.75) is 24.7 Å². The van der Waals surface area contributed by atoms with E-state index >= 15 is 0 Å². The van der Waals surface area contributed by atoms with E-state index < -0.39 is 10.0 Å². The molecule has 1 heterocycles. The summed E-state index contributed by atoms with van der Waals surface area (Å²) in [5, 5.41) is 0. The van der Waals surface area contributed by atoms with E-state index in [0.29, 0.717) is 18.0 Å². The lowest BCUT2D eigenvalue weighted by Crippen LogP contribution is -2.48. The number of nitrogens with zero attached hydrogens (tertiary/aromatic N) is 2. The van der Waals surface area contributed by atoms with E-state index in [9.17, 15) is 8.42 Å². The van der Waals surface area contributed by atoms with Gasteiger partial charge in [0.2, 0.25) is 10.0 Å². The van der Waals surface area contributed by atoms with Crippen molar-refractivity contribution in [2.75, 3.05) is 39.8 Å². The first-order chi connectivity index (χ1) is 13.0. The summed E-state index contributed by atoms with van der Waals surface area (Å²) in [6.07, 6.45) is 2.05. The molecule has 0 atom stereocenters. The van der Waals surface area contributed by atoms with Crippen LogP contribution in [0.1, 0.15) is 17.5 Å². The van der Waals surface area contributed by atoms with Gasteiger partial charge in [-0.25, -0.2) is 8.42 Å². The van der Waals surface area contributed by atoms with Crippen molar-refractivity contribution in [2.24, 2.45) is 0 Å². The predicted molar refractivity (Wildman–Crippen MR) is 108 cm³/mol. The van der Waals surface area contributed by atoms with Gasteiger partial charge in [-0.15, -0.1) is 0 Å². The van der Waals surface area contributed by atoms with Gasteiger partial charge in [-0.1, -0.05) is 30.3 Å². The van der Waals surface area contributed by atoms with Gasteiger partial charge in [-0.05, 0) is 55.6 Å². The van der Waals surface area contributed by atoms with Crippen molar-refractivity contribution in [1.82, 2.24) is 9.21 Å². The van der Waals surface area contributed by atoms with Crippen LogP contribution in [0, 0.1) is 6.92 Å². The SMILES string of the molecule is COc1cccc(CCCN2CCN(S(=O)(=O)c3ccccc3C)CC2)c1. The molecule has 2 aromatic carbocycles. The molecule has 1 saturated heterocycles. The van der Waals surface area contributed by atoms with Crippen LogP contribution in [0.15, 0.2) is 53.4 Å². The Labute approximate surface area is 162 Å². The molecule has 0 radical (unpaired) electrons. The maximum atomic E-state index is 12.9. The summed E-state index contributed by atoms with van der Waals surface area (Å²) in [6.45, 7) is 5.50. The maximum absolute atomic E-state index is 12.9. The molecule has 0 unspecified atom stereocenters. The molecule has 146 valence electrons. The Hall–Kier alpha value is -1.89. The van der Waals surface area contributed by atoms with Gasteiger partial charge in [-0.3, -0.25) is 0 Å². The standard InChI is InChI=1S/C21H28N2O3S/c1-18-7-3-4-11-21(18)27(24,25)23-15-13-22(14-16-23)12-6-9-19-8-5-10-20(17-19)26-2/h3-5,7-8,10-11,17H,6,9,12-16H2,1-2H3.